The summed E-state index contributed by atoms with van der Waals surface area (Å²) < 4.78 is 29.8. The Kier molecular flexibility index (Phi) is 5.94. The molecule has 0 amide bonds. The van der Waals surface area contributed by atoms with Crippen molar-refractivity contribution in [1.82, 2.24) is 4.31 Å². The molecule has 0 radical (unpaired) electrons. The number of esters is 1. The number of sulfonamides is 1. The Labute approximate surface area is 118 Å². The molecule has 8 heteroatoms. The maximum atomic E-state index is 12.1. The molecular weight excluding hydrogens is 286 g/mol. The first-order valence-electron chi connectivity index (χ1n) is 6.52. The van der Waals surface area contributed by atoms with Crippen LogP contribution in [0.25, 0.3) is 0 Å². The fraction of sp³-hybridized carbons (Fsp3) is 0.833. The molecule has 1 N–H and O–H groups in total. The van der Waals surface area contributed by atoms with Gasteiger partial charge in [-0.25, -0.2) is 12.7 Å². The second-order valence-corrected chi connectivity index (χ2v) is 7.14. The van der Waals surface area contributed by atoms with Crippen LogP contribution >= 0.6 is 0 Å². The fourth-order valence-electron chi connectivity index (χ4n) is 2.43. The minimum atomic E-state index is -3.68. The van der Waals surface area contributed by atoms with Gasteiger partial charge in [0, 0.05) is 19.5 Å². The number of nitrogens with zero attached hydrogens (tertiary/aromatic N) is 1. The van der Waals surface area contributed by atoms with Gasteiger partial charge in [-0.05, 0) is 24.7 Å². The van der Waals surface area contributed by atoms with E-state index in [2.05, 4.69) is 4.74 Å². The molecule has 1 saturated heterocycles. The second kappa shape index (κ2) is 7.03. The van der Waals surface area contributed by atoms with E-state index in [1.807, 2.05) is 6.92 Å². The summed E-state index contributed by atoms with van der Waals surface area (Å²) >= 11 is 0. The highest BCUT2D eigenvalue weighted by Gasteiger charge is 2.33. The number of carboxylic acids is 1. The molecule has 0 aromatic rings. The van der Waals surface area contributed by atoms with E-state index in [9.17, 15) is 18.0 Å². The van der Waals surface area contributed by atoms with E-state index >= 15 is 0 Å². The molecule has 1 aliphatic heterocycles. The van der Waals surface area contributed by atoms with E-state index in [0.29, 0.717) is 13.0 Å². The van der Waals surface area contributed by atoms with Gasteiger partial charge in [0.15, 0.2) is 5.75 Å². The van der Waals surface area contributed by atoms with Crippen molar-refractivity contribution in [3.05, 3.63) is 0 Å². The Morgan fingerprint density at radius 1 is 1.45 bits per heavy atom. The molecule has 2 atom stereocenters. The predicted octanol–water partition coefficient (Wildman–Crippen LogP) is 0.312. The number of aliphatic carboxylic acids is 1. The zero-order valence-electron chi connectivity index (χ0n) is 11.7. The summed E-state index contributed by atoms with van der Waals surface area (Å²) in [6.45, 7) is 2.46. The highest BCUT2D eigenvalue weighted by Crippen LogP contribution is 2.27. The van der Waals surface area contributed by atoms with Crippen molar-refractivity contribution in [2.45, 2.75) is 26.2 Å². The van der Waals surface area contributed by atoms with Gasteiger partial charge in [-0.2, -0.15) is 0 Å². The zero-order valence-corrected chi connectivity index (χ0v) is 12.6. The highest BCUT2D eigenvalue weighted by atomic mass is 32.2. The summed E-state index contributed by atoms with van der Waals surface area (Å²) in [4.78, 5) is 21.8. The molecule has 7 nitrogen and oxygen atoms in total. The lowest BCUT2D eigenvalue weighted by atomic mass is 9.85. The summed E-state index contributed by atoms with van der Waals surface area (Å²) in [5.74, 6) is -2.42. The predicted molar refractivity (Wildman–Crippen MR) is 71.5 cm³/mol. The smallest absolute Gasteiger partial charge is 0.322 e. The van der Waals surface area contributed by atoms with Gasteiger partial charge < -0.3 is 9.84 Å². The Morgan fingerprint density at radius 2 is 2.10 bits per heavy atom. The number of methoxy groups -OCH3 is 1. The van der Waals surface area contributed by atoms with E-state index < -0.39 is 27.7 Å². The lowest BCUT2D eigenvalue weighted by Crippen LogP contribution is -2.44. The molecule has 1 fully saturated rings. The van der Waals surface area contributed by atoms with Crippen molar-refractivity contribution < 1.29 is 27.9 Å². The van der Waals surface area contributed by atoms with E-state index in [4.69, 9.17) is 5.11 Å². The van der Waals surface area contributed by atoms with Crippen LogP contribution in [0.2, 0.25) is 0 Å². The molecule has 0 saturated carbocycles. The first-order valence-corrected chi connectivity index (χ1v) is 8.13. The van der Waals surface area contributed by atoms with Crippen molar-refractivity contribution in [3.8, 4) is 0 Å². The van der Waals surface area contributed by atoms with Crippen LogP contribution in [-0.2, 0) is 24.3 Å². The lowest BCUT2D eigenvalue weighted by Gasteiger charge is -2.34. The van der Waals surface area contributed by atoms with Crippen LogP contribution in [0.15, 0.2) is 0 Å². The number of carbonyl (C=O) groups excluding carboxylic acids is 1. The average Bonchev–Trinajstić information content (AvgIpc) is 2.37. The molecule has 1 heterocycles. The van der Waals surface area contributed by atoms with E-state index in [1.54, 1.807) is 0 Å². The third-order valence-corrected chi connectivity index (χ3v) is 5.36. The highest BCUT2D eigenvalue weighted by molar-refractivity contribution is 7.89. The topological polar surface area (TPSA) is 101 Å². The maximum Gasteiger partial charge on any atom is 0.322 e. The number of hydrogen-bond donors (Lipinski definition) is 1. The molecule has 0 bridgehead atoms. The summed E-state index contributed by atoms with van der Waals surface area (Å²) in [5, 5.41) is 8.80. The van der Waals surface area contributed by atoms with Crippen molar-refractivity contribution in [1.29, 1.82) is 0 Å². The Morgan fingerprint density at radius 3 is 2.65 bits per heavy atom. The van der Waals surface area contributed by atoms with Crippen LogP contribution in [0.5, 0.6) is 0 Å². The molecule has 0 aromatic carbocycles. The maximum absolute atomic E-state index is 12.1. The largest absolute Gasteiger partial charge is 0.481 e. The normalized spacial score (nSPS) is 22.2. The number of hydrogen-bond acceptors (Lipinski definition) is 5. The van der Waals surface area contributed by atoms with Crippen molar-refractivity contribution in [2.75, 3.05) is 26.0 Å². The Hall–Kier alpha value is -1.15. The van der Waals surface area contributed by atoms with E-state index in [0.717, 1.165) is 13.5 Å². The fourth-order valence-corrected chi connectivity index (χ4v) is 3.86. The van der Waals surface area contributed by atoms with Crippen LogP contribution in [0, 0.1) is 11.8 Å². The van der Waals surface area contributed by atoms with Crippen LogP contribution in [0.1, 0.15) is 26.2 Å². The molecule has 116 valence electrons. The Bertz CT molecular complexity index is 461. The third-order valence-electron chi connectivity index (χ3n) is 3.64. The van der Waals surface area contributed by atoms with Gasteiger partial charge >= 0.3 is 11.9 Å². The molecular formula is C12H21NO6S. The molecule has 1 aliphatic rings. The van der Waals surface area contributed by atoms with Gasteiger partial charge in [0.25, 0.3) is 0 Å². The minimum Gasteiger partial charge on any atom is -0.481 e. The molecule has 0 aliphatic carbocycles. The van der Waals surface area contributed by atoms with Gasteiger partial charge in [-0.3, -0.25) is 9.59 Å². The van der Waals surface area contributed by atoms with Gasteiger partial charge in [0.05, 0.1) is 7.11 Å². The molecule has 0 spiro atoms. The SMILES string of the molecule is COC(=O)CS(=O)(=O)N1CCCC(C(C)CC(=O)O)C1. The van der Waals surface area contributed by atoms with Crippen molar-refractivity contribution in [2.24, 2.45) is 11.8 Å². The van der Waals surface area contributed by atoms with Crippen LogP contribution in [-0.4, -0.2) is 55.7 Å². The standard InChI is InChI=1S/C12H21NO6S/c1-9(6-11(14)15)10-4-3-5-13(7-10)20(17,18)8-12(16)19-2/h9-10H,3-8H2,1-2H3,(H,14,15). The van der Waals surface area contributed by atoms with Crippen LogP contribution < -0.4 is 0 Å². The summed E-state index contributed by atoms with van der Waals surface area (Å²) in [6, 6.07) is 0. The lowest BCUT2D eigenvalue weighted by molar-refractivity contribution is -0.139. The summed E-state index contributed by atoms with van der Waals surface area (Å²) in [5.41, 5.74) is 0. The molecule has 2 unspecified atom stereocenters. The molecule has 1 rings (SSSR count). The number of ether oxygens (including phenoxy) is 1. The van der Waals surface area contributed by atoms with Gasteiger partial charge in [-0.1, -0.05) is 6.92 Å². The monoisotopic (exact) mass is 307 g/mol. The van der Waals surface area contributed by atoms with Crippen LogP contribution in [0.3, 0.4) is 0 Å². The molecule has 0 aromatic heterocycles. The molecule has 20 heavy (non-hydrogen) atoms. The first-order chi connectivity index (χ1) is 9.26. The summed E-state index contributed by atoms with van der Waals surface area (Å²) in [7, 11) is -2.53. The Balaban J connectivity index is 2.68. The van der Waals surface area contributed by atoms with Gasteiger partial charge in [0.2, 0.25) is 10.0 Å². The first kappa shape index (κ1) is 16.9. The summed E-state index contributed by atoms with van der Waals surface area (Å²) in [6.07, 6.45) is 1.50. The quantitative estimate of drug-likeness (QED) is 0.709. The third kappa shape index (κ3) is 4.75. The van der Waals surface area contributed by atoms with Crippen LogP contribution in [0.4, 0.5) is 0 Å². The number of piperidine rings is 1. The zero-order chi connectivity index (χ0) is 15.3. The van der Waals surface area contributed by atoms with Gasteiger partial charge in [-0.15, -0.1) is 0 Å². The van der Waals surface area contributed by atoms with Crippen molar-refractivity contribution in [3.63, 3.8) is 0 Å². The van der Waals surface area contributed by atoms with Crippen molar-refractivity contribution >= 4 is 22.0 Å². The number of carboxylic acid groups (broad SMARTS) is 1. The number of rotatable bonds is 6. The average molecular weight is 307 g/mol. The number of carbonyl (C=O) groups is 2. The van der Waals surface area contributed by atoms with Gasteiger partial charge in [0.1, 0.15) is 0 Å². The van der Waals surface area contributed by atoms with E-state index in [1.165, 1.54) is 4.31 Å². The second-order valence-electron chi connectivity index (χ2n) is 5.17. The van der Waals surface area contributed by atoms with E-state index in [-0.39, 0.29) is 24.8 Å². The minimum absolute atomic E-state index is 0.00673.